The number of anilines is 1. The van der Waals surface area contributed by atoms with Crippen LogP contribution >= 0.6 is 0 Å². The Morgan fingerprint density at radius 3 is 2.80 bits per heavy atom. The number of rotatable bonds is 8. The third-order valence-corrected chi connectivity index (χ3v) is 4.51. The van der Waals surface area contributed by atoms with Crippen molar-refractivity contribution in [3.8, 4) is 12.0 Å². The summed E-state index contributed by atoms with van der Waals surface area (Å²) in [6, 6.07) is 13.4. The molecule has 154 valence electrons. The smallest absolute Gasteiger partial charge is 0.305 e. The Kier molecular flexibility index (Phi) is 5.64. The third-order valence-electron chi connectivity index (χ3n) is 4.51. The highest BCUT2D eigenvalue weighted by Crippen LogP contribution is 2.25. The number of imidazole rings is 1. The number of unbranched alkanes of at least 4 members (excludes halogenated alkanes) is 1. The van der Waals surface area contributed by atoms with Gasteiger partial charge in [0.2, 0.25) is 5.91 Å². The first kappa shape index (κ1) is 19.5. The predicted octanol–water partition coefficient (Wildman–Crippen LogP) is 2.65. The molecule has 0 atom stereocenters. The lowest BCUT2D eigenvalue weighted by Crippen LogP contribution is -2.13. The Morgan fingerprint density at radius 2 is 2.00 bits per heavy atom. The van der Waals surface area contributed by atoms with Crippen molar-refractivity contribution < 1.29 is 9.53 Å². The quantitative estimate of drug-likeness (QED) is 0.479. The predicted molar refractivity (Wildman–Crippen MR) is 110 cm³/mol. The van der Waals surface area contributed by atoms with Crippen LogP contribution < -0.4 is 10.1 Å². The number of tetrazole rings is 1. The van der Waals surface area contributed by atoms with Gasteiger partial charge < -0.3 is 10.1 Å². The standard InChI is InChI=1S/C20H22N8O2/c1-3-4-12-18(29)23-17-11-7-8-14(21-17)13-30-20-22-15-9-5-6-10-16(15)28(20)19-24-25-26-27(19)2/h5-11H,3-4,12-13H2,1-2H3,(H,21,23,29). The summed E-state index contributed by atoms with van der Waals surface area (Å²) in [6.07, 6.45) is 2.30. The van der Waals surface area contributed by atoms with E-state index in [1.165, 1.54) is 0 Å². The number of hydrogen-bond donors (Lipinski definition) is 1. The SMILES string of the molecule is CCCCC(=O)Nc1cccc(COc2nc3ccccc3n2-c2nnnn2C)n1. The van der Waals surface area contributed by atoms with Gasteiger partial charge in [-0.15, -0.1) is 0 Å². The third kappa shape index (κ3) is 4.12. The Bertz CT molecular complexity index is 1170. The van der Waals surface area contributed by atoms with Crippen molar-refractivity contribution in [2.75, 3.05) is 5.32 Å². The zero-order chi connectivity index (χ0) is 20.9. The number of nitrogens with one attached hydrogen (secondary N) is 1. The molecule has 0 aliphatic rings. The molecule has 0 aliphatic carbocycles. The van der Waals surface area contributed by atoms with E-state index < -0.39 is 0 Å². The minimum Gasteiger partial charge on any atom is -0.458 e. The van der Waals surface area contributed by atoms with Crippen molar-refractivity contribution in [2.24, 2.45) is 7.05 Å². The summed E-state index contributed by atoms with van der Waals surface area (Å²) in [5.74, 6) is 0.950. The van der Waals surface area contributed by atoms with Gasteiger partial charge in [0.05, 0.1) is 16.7 Å². The van der Waals surface area contributed by atoms with E-state index in [1.807, 2.05) is 43.3 Å². The summed E-state index contributed by atoms with van der Waals surface area (Å²) in [7, 11) is 1.75. The van der Waals surface area contributed by atoms with Crippen molar-refractivity contribution in [3.05, 3.63) is 48.2 Å². The Balaban J connectivity index is 1.55. The Morgan fingerprint density at radius 1 is 1.13 bits per heavy atom. The molecule has 0 bridgehead atoms. The van der Waals surface area contributed by atoms with Gasteiger partial charge in [-0.25, -0.2) is 14.2 Å². The fourth-order valence-corrected chi connectivity index (χ4v) is 3.02. The van der Waals surface area contributed by atoms with E-state index in [0.29, 0.717) is 29.9 Å². The Hall–Kier alpha value is -3.82. The zero-order valence-electron chi connectivity index (χ0n) is 16.8. The van der Waals surface area contributed by atoms with Crippen LogP contribution in [0, 0.1) is 0 Å². The molecule has 0 unspecified atom stereocenters. The first-order valence-corrected chi connectivity index (χ1v) is 9.74. The van der Waals surface area contributed by atoms with Crippen LogP contribution in [0.1, 0.15) is 31.9 Å². The lowest BCUT2D eigenvalue weighted by atomic mass is 10.2. The number of carbonyl (C=O) groups is 1. The van der Waals surface area contributed by atoms with Gasteiger partial charge in [-0.1, -0.05) is 36.6 Å². The number of para-hydroxylation sites is 2. The van der Waals surface area contributed by atoms with Crippen molar-refractivity contribution in [2.45, 2.75) is 32.8 Å². The summed E-state index contributed by atoms with van der Waals surface area (Å²) in [6.45, 7) is 2.22. The van der Waals surface area contributed by atoms with E-state index in [0.717, 1.165) is 23.9 Å². The molecule has 4 aromatic rings. The normalized spacial score (nSPS) is 11.0. The fraction of sp³-hybridized carbons (Fsp3) is 0.300. The number of pyridine rings is 1. The largest absolute Gasteiger partial charge is 0.458 e. The monoisotopic (exact) mass is 406 g/mol. The molecule has 1 N–H and O–H groups in total. The summed E-state index contributed by atoms with van der Waals surface area (Å²) in [4.78, 5) is 21.0. The number of aryl methyl sites for hydroxylation is 1. The van der Waals surface area contributed by atoms with E-state index in [1.54, 1.807) is 22.4 Å². The second kappa shape index (κ2) is 8.68. The molecule has 0 aliphatic heterocycles. The van der Waals surface area contributed by atoms with Crippen LogP contribution in [0.3, 0.4) is 0 Å². The van der Waals surface area contributed by atoms with Crippen LogP contribution in [-0.2, 0) is 18.4 Å². The van der Waals surface area contributed by atoms with Gasteiger partial charge in [0.1, 0.15) is 12.4 Å². The molecular formula is C20H22N8O2. The van der Waals surface area contributed by atoms with Gasteiger partial charge in [0.15, 0.2) is 0 Å². The van der Waals surface area contributed by atoms with Crippen LogP contribution in [-0.4, -0.2) is 40.6 Å². The molecule has 0 saturated heterocycles. The van der Waals surface area contributed by atoms with Crippen molar-refractivity contribution in [3.63, 3.8) is 0 Å². The maximum absolute atomic E-state index is 12.0. The topological polar surface area (TPSA) is 113 Å². The zero-order valence-corrected chi connectivity index (χ0v) is 16.8. The molecular weight excluding hydrogens is 384 g/mol. The summed E-state index contributed by atoms with van der Waals surface area (Å²) < 4.78 is 9.28. The van der Waals surface area contributed by atoms with Crippen LogP contribution in [0.15, 0.2) is 42.5 Å². The molecule has 30 heavy (non-hydrogen) atoms. The van der Waals surface area contributed by atoms with Crippen LogP contribution in [0.2, 0.25) is 0 Å². The minimum absolute atomic E-state index is 0.0426. The maximum Gasteiger partial charge on any atom is 0.305 e. The number of benzene rings is 1. The highest BCUT2D eigenvalue weighted by molar-refractivity contribution is 5.89. The van der Waals surface area contributed by atoms with Crippen molar-refractivity contribution >= 4 is 22.8 Å². The molecule has 1 aromatic carbocycles. The number of ether oxygens (including phenoxy) is 1. The van der Waals surface area contributed by atoms with Gasteiger partial charge in [-0.2, -0.15) is 4.98 Å². The molecule has 10 nitrogen and oxygen atoms in total. The first-order chi connectivity index (χ1) is 14.7. The molecule has 3 heterocycles. The van der Waals surface area contributed by atoms with Gasteiger partial charge in [-0.3, -0.25) is 4.79 Å². The summed E-state index contributed by atoms with van der Waals surface area (Å²) >= 11 is 0. The van der Waals surface area contributed by atoms with Gasteiger partial charge in [-0.05, 0) is 41.1 Å². The second-order valence-electron chi connectivity index (χ2n) is 6.78. The number of amides is 1. The number of nitrogens with zero attached hydrogens (tertiary/aromatic N) is 7. The van der Waals surface area contributed by atoms with Crippen molar-refractivity contribution in [1.82, 2.24) is 34.7 Å². The van der Waals surface area contributed by atoms with Gasteiger partial charge in [0.25, 0.3) is 5.95 Å². The Labute approximate surface area is 172 Å². The summed E-state index contributed by atoms with van der Waals surface area (Å²) in [5, 5.41) is 14.5. The average molecular weight is 406 g/mol. The molecule has 0 fully saturated rings. The maximum atomic E-state index is 12.0. The minimum atomic E-state index is -0.0426. The van der Waals surface area contributed by atoms with Crippen molar-refractivity contribution in [1.29, 1.82) is 0 Å². The van der Waals surface area contributed by atoms with Crippen LogP contribution in [0.5, 0.6) is 6.01 Å². The van der Waals surface area contributed by atoms with E-state index in [9.17, 15) is 4.79 Å². The molecule has 3 aromatic heterocycles. The van der Waals surface area contributed by atoms with Crippen LogP contribution in [0.25, 0.3) is 17.0 Å². The van der Waals surface area contributed by atoms with E-state index >= 15 is 0 Å². The number of fused-ring (bicyclic) bond motifs is 1. The van der Waals surface area contributed by atoms with E-state index in [2.05, 4.69) is 30.8 Å². The lowest BCUT2D eigenvalue weighted by molar-refractivity contribution is -0.116. The molecule has 0 saturated carbocycles. The molecule has 4 rings (SSSR count). The van der Waals surface area contributed by atoms with Crippen LogP contribution in [0.4, 0.5) is 5.82 Å². The molecule has 1 amide bonds. The second-order valence-corrected chi connectivity index (χ2v) is 6.78. The average Bonchev–Trinajstić information content (AvgIpc) is 3.33. The molecule has 10 heteroatoms. The highest BCUT2D eigenvalue weighted by Gasteiger charge is 2.18. The van der Waals surface area contributed by atoms with E-state index in [4.69, 9.17) is 4.74 Å². The lowest BCUT2D eigenvalue weighted by Gasteiger charge is -2.09. The molecule has 0 radical (unpaired) electrons. The van der Waals surface area contributed by atoms with Gasteiger partial charge in [0, 0.05) is 13.5 Å². The van der Waals surface area contributed by atoms with Gasteiger partial charge >= 0.3 is 6.01 Å². The van der Waals surface area contributed by atoms with E-state index in [-0.39, 0.29) is 12.5 Å². The first-order valence-electron chi connectivity index (χ1n) is 9.74. The number of aromatic nitrogens is 7. The molecule has 0 spiro atoms. The summed E-state index contributed by atoms with van der Waals surface area (Å²) in [5.41, 5.74) is 2.26. The number of hydrogen-bond acceptors (Lipinski definition) is 7. The highest BCUT2D eigenvalue weighted by atomic mass is 16.5. The fourth-order valence-electron chi connectivity index (χ4n) is 3.02. The number of carbonyl (C=O) groups excluding carboxylic acids is 1.